The summed E-state index contributed by atoms with van der Waals surface area (Å²) >= 11 is 14.1. The summed E-state index contributed by atoms with van der Waals surface area (Å²) < 4.78 is 7.43. The molecular formula is C14H24N2OS4. The molecule has 2 fully saturated rings. The summed E-state index contributed by atoms with van der Waals surface area (Å²) in [7, 11) is 0. The lowest BCUT2D eigenvalue weighted by Crippen LogP contribution is -2.34. The number of rotatable bonds is 0. The van der Waals surface area contributed by atoms with E-state index in [1.54, 1.807) is 23.5 Å². The number of thioether (sulfide) groups is 2. The molecule has 0 amide bonds. The number of nitrogens with one attached hydrogen (secondary N) is 2. The van der Waals surface area contributed by atoms with Gasteiger partial charge >= 0.3 is 0 Å². The number of thiocarbonyl (C=S) groups is 2. The molecule has 2 unspecified atom stereocenters. The zero-order valence-electron chi connectivity index (χ0n) is 12.3. The molecule has 120 valence electrons. The molecule has 0 aromatic carbocycles. The Morgan fingerprint density at radius 3 is 1.95 bits per heavy atom. The third kappa shape index (κ3) is 7.50. The number of hydrogen-bond donors (Lipinski definition) is 2. The number of fused-ring (bicyclic) bond motifs is 2. The molecule has 1 saturated carbocycles. The van der Waals surface area contributed by atoms with Gasteiger partial charge in [0.05, 0.1) is 13.2 Å². The van der Waals surface area contributed by atoms with Crippen molar-refractivity contribution in [3.05, 3.63) is 0 Å². The standard InChI is InChI=1S/C14H24N2OS4/c18-13-15-9-11-2-1-3-12(8-11)10-16-14(19)21-7-5-17-4-6-20-13/h11-12H,1-10H2,(H,15,18)(H,16,19). The average Bonchev–Trinajstić information content (AvgIpc) is 2.49. The van der Waals surface area contributed by atoms with Crippen LogP contribution < -0.4 is 10.6 Å². The second kappa shape index (κ2) is 10.3. The molecule has 2 rings (SSSR count). The van der Waals surface area contributed by atoms with Crippen LogP contribution in [0.2, 0.25) is 0 Å². The first kappa shape index (κ1) is 17.8. The Morgan fingerprint density at radius 2 is 1.43 bits per heavy atom. The van der Waals surface area contributed by atoms with Gasteiger partial charge < -0.3 is 15.4 Å². The third-order valence-corrected chi connectivity index (χ3v) is 6.43. The van der Waals surface area contributed by atoms with Crippen LogP contribution in [0.4, 0.5) is 0 Å². The maximum absolute atomic E-state index is 5.59. The summed E-state index contributed by atoms with van der Waals surface area (Å²) in [6.07, 6.45) is 5.24. The lowest BCUT2D eigenvalue weighted by Gasteiger charge is -2.30. The Labute approximate surface area is 147 Å². The maximum Gasteiger partial charge on any atom is 0.133 e. The van der Waals surface area contributed by atoms with E-state index in [1.807, 2.05) is 0 Å². The van der Waals surface area contributed by atoms with Gasteiger partial charge in [0.25, 0.3) is 0 Å². The zero-order chi connectivity index (χ0) is 14.9. The second-order valence-corrected chi connectivity index (χ2v) is 9.09. The Morgan fingerprint density at radius 1 is 0.905 bits per heavy atom. The highest BCUT2D eigenvalue weighted by Crippen LogP contribution is 2.28. The summed E-state index contributed by atoms with van der Waals surface area (Å²) in [5.41, 5.74) is 0. The van der Waals surface area contributed by atoms with Gasteiger partial charge in [0.2, 0.25) is 0 Å². The van der Waals surface area contributed by atoms with Crippen LogP contribution in [-0.4, -0.2) is 46.5 Å². The van der Waals surface area contributed by atoms with Crippen molar-refractivity contribution >= 4 is 56.6 Å². The van der Waals surface area contributed by atoms with Gasteiger partial charge in [-0.1, -0.05) is 54.4 Å². The maximum atomic E-state index is 5.59. The largest absolute Gasteiger partial charge is 0.380 e. The van der Waals surface area contributed by atoms with E-state index < -0.39 is 0 Å². The summed E-state index contributed by atoms with van der Waals surface area (Å²) in [5.74, 6) is 3.34. The number of hydrogen-bond acceptors (Lipinski definition) is 5. The topological polar surface area (TPSA) is 33.3 Å². The van der Waals surface area contributed by atoms with E-state index in [2.05, 4.69) is 10.6 Å². The van der Waals surface area contributed by atoms with Gasteiger partial charge in [0, 0.05) is 24.6 Å². The SMILES string of the molecule is S=C1NCC2CCCC(CNC(=S)SCCOCCS1)C2. The van der Waals surface area contributed by atoms with Crippen molar-refractivity contribution in [3.8, 4) is 0 Å². The Kier molecular flexibility index (Phi) is 8.69. The predicted octanol–water partition coefficient (Wildman–Crippen LogP) is 3.04. The summed E-state index contributed by atoms with van der Waals surface area (Å²) in [6.45, 7) is 3.53. The van der Waals surface area contributed by atoms with Crippen LogP contribution in [0, 0.1) is 11.8 Å². The minimum atomic E-state index is 0.745. The fourth-order valence-electron chi connectivity index (χ4n) is 2.82. The predicted molar refractivity (Wildman–Crippen MR) is 102 cm³/mol. The van der Waals surface area contributed by atoms with Crippen molar-refractivity contribution in [2.45, 2.75) is 25.7 Å². The first-order valence-electron chi connectivity index (χ1n) is 7.63. The van der Waals surface area contributed by atoms with Crippen LogP contribution in [-0.2, 0) is 4.74 Å². The zero-order valence-corrected chi connectivity index (χ0v) is 15.5. The van der Waals surface area contributed by atoms with Crippen molar-refractivity contribution in [2.75, 3.05) is 37.8 Å². The molecule has 21 heavy (non-hydrogen) atoms. The van der Waals surface area contributed by atoms with E-state index in [-0.39, 0.29) is 0 Å². The van der Waals surface area contributed by atoms with Gasteiger partial charge in [0.15, 0.2) is 0 Å². The van der Waals surface area contributed by atoms with Gasteiger partial charge in [-0.15, -0.1) is 0 Å². The van der Waals surface area contributed by atoms with Crippen molar-refractivity contribution in [3.63, 3.8) is 0 Å². The van der Waals surface area contributed by atoms with E-state index in [9.17, 15) is 0 Å². The fraction of sp³-hybridized carbons (Fsp3) is 0.857. The summed E-state index contributed by atoms with van der Waals surface area (Å²) in [4.78, 5) is 0. The molecule has 7 heteroatoms. The average molecular weight is 365 g/mol. The lowest BCUT2D eigenvalue weighted by molar-refractivity contribution is 0.167. The van der Waals surface area contributed by atoms with Crippen LogP contribution in [0.1, 0.15) is 25.7 Å². The van der Waals surface area contributed by atoms with Crippen molar-refractivity contribution in [1.82, 2.24) is 10.6 Å². The highest BCUT2D eigenvalue weighted by Gasteiger charge is 2.22. The molecule has 1 aliphatic carbocycles. The minimum absolute atomic E-state index is 0.745. The molecule has 1 aliphatic heterocycles. The molecule has 0 spiro atoms. The van der Waals surface area contributed by atoms with Gasteiger partial charge in [-0.05, 0) is 31.1 Å². The highest BCUT2D eigenvalue weighted by molar-refractivity contribution is 8.23. The van der Waals surface area contributed by atoms with Crippen LogP contribution in [0.5, 0.6) is 0 Å². The van der Waals surface area contributed by atoms with E-state index in [4.69, 9.17) is 29.2 Å². The third-order valence-electron chi connectivity index (χ3n) is 3.88. The molecular weight excluding hydrogens is 340 g/mol. The van der Waals surface area contributed by atoms with E-state index in [0.29, 0.717) is 0 Å². The van der Waals surface area contributed by atoms with Crippen molar-refractivity contribution in [2.24, 2.45) is 11.8 Å². The first-order chi connectivity index (χ1) is 10.2. The van der Waals surface area contributed by atoms with E-state index in [0.717, 1.165) is 58.3 Å². The molecule has 1 saturated heterocycles. The molecule has 1 heterocycles. The molecule has 0 aromatic heterocycles. The van der Waals surface area contributed by atoms with Crippen LogP contribution in [0.15, 0.2) is 0 Å². The summed E-state index contributed by atoms with van der Waals surface area (Å²) in [6, 6.07) is 0. The molecule has 2 atom stereocenters. The van der Waals surface area contributed by atoms with Crippen LogP contribution >= 0.6 is 48.0 Å². The van der Waals surface area contributed by atoms with Crippen LogP contribution in [0.25, 0.3) is 0 Å². The van der Waals surface area contributed by atoms with Crippen LogP contribution in [0.3, 0.4) is 0 Å². The Hall–Kier alpha value is 0.440. The summed E-state index contributed by atoms with van der Waals surface area (Å²) in [5, 5.41) is 6.83. The monoisotopic (exact) mass is 364 g/mol. The Balaban J connectivity index is 1.82. The smallest absolute Gasteiger partial charge is 0.133 e. The Bertz CT molecular complexity index is 324. The molecule has 3 nitrogen and oxygen atoms in total. The number of ether oxygens (including phenoxy) is 1. The molecule has 2 N–H and O–H groups in total. The lowest BCUT2D eigenvalue weighted by atomic mass is 9.81. The van der Waals surface area contributed by atoms with Crippen molar-refractivity contribution < 1.29 is 4.74 Å². The minimum Gasteiger partial charge on any atom is -0.380 e. The normalized spacial score (nSPS) is 30.3. The van der Waals surface area contributed by atoms with E-state index in [1.165, 1.54) is 25.7 Å². The molecule has 0 aromatic rings. The fourth-order valence-corrected chi connectivity index (χ4v) is 4.63. The molecule has 2 aliphatic rings. The second-order valence-electron chi connectivity index (χ2n) is 5.54. The van der Waals surface area contributed by atoms with Gasteiger partial charge in [-0.3, -0.25) is 0 Å². The quantitative estimate of drug-likeness (QED) is 0.639. The van der Waals surface area contributed by atoms with Gasteiger partial charge in [-0.25, -0.2) is 0 Å². The molecule has 0 radical (unpaired) electrons. The highest BCUT2D eigenvalue weighted by atomic mass is 32.2. The van der Waals surface area contributed by atoms with Gasteiger partial charge in [-0.2, -0.15) is 0 Å². The molecule has 2 bridgehead atoms. The van der Waals surface area contributed by atoms with Gasteiger partial charge in [0.1, 0.15) is 8.64 Å². The first-order valence-corrected chi connectivity index (χ1v) is 10.4. The van der Waals surface area contributed by atoms with E-state index >= 15 is 0 Å². The van der Waals surface area contributed by atoms with Crippen molar-refractivity contribution in [1.29, 1.82) is 0 Å².